The van der Waals surface area contributed by atoms with Gasteiger partial charge in [-0.25, -0.2) is 19.2 Å². The molecule has 8 nitrogen and oxygen atoms in total. The first-order chi connectivity index (χ1) is 20.8. The Morgan fingerprint density at radius 2 is 0.837 bits per heavy atom. The maximum atomic E-state index is 13.3. The Labute approximate surface area is 248 Å². The van der Waals surface area contributed by atoms with Crippen LogP contribution in [0.1, 0.15) is 106 Å². The zero-order valence-electron chi connectivity index (χ0n) is 24.1. The van der Waals surface area contributed by atoms with Crippen molar-refractivity contribution in [3.63, 3.8) is 0 Å². The fourth-order valence-corrected chi connectivity index (χ4v) is 6.25. The number of rotatable bonds is 14. The van der Waals surface area contributed by atoms with E-state index in [9.17, 15) is 34.5 Å². The van der Waals surface area contributed by atoms with Crippen LogP contribution in [0.3, 0.4) is 0 Å². The van der Waals surface area contributed by atoms with Gasteiger partial charge in [0.15, 0.2) is 0 Å². The van der Waals surface area contributed by atoms with E-state index in [4.69, 9.17) is 4.74 Å². The van der Waals surface area contributed by atoms with Crippen molar-refractivity contribution >= 4 is 67.0 Å². The normalized spacial score (nSPS) is 11.6. The molecule has 0 heterocycles. The molecule has 0 aliphatic rings. The van der Waals surface area contributed by atoms with Crippen molar-refractivity contribution in [2.75, 3.05) is 6.61 Å². The third-order valence-electron chi connectivity index (χ3n) is 8.29. The maximum Gasteiger partial charge on any atom is 0.338 e. The number of aromatic carboxylic acids is 3. The molecule has 8 heteroatoms. The van der Waals surface area contributed by atoms with Crippen molar-refractivity contribution in [1.29, 1.82) is 0 Å². The molecule has 0 fully saturated rings. The molecule has 3 N–H and O–H groups in total. The molecule has 0 saturated heterocycles. The molecule has 0 radical (unpaired) electrons. The summed E-state index contributed by atoms with van der Waals surface area (Å²) in [6.07, 6.45) is 10.1. The van der Waals surface area contributed by atoms with E-state index in [0.29, 0.717) is 32.3 Å². The van der Waals surface area contributed by atoms with E-state index in [-0.39, 0.29) is 39.6 Å². The number of ether oxygens (including phenoxy) is 1. The second-order valence-electron chi connectivity index (χ2n) is 11.0. The summed E-state index contributed by atoms with van der Waals surface area (Å²) < 4.78 is 5.61. The topological polar surface area (TPSA) is 138 Å². The van der Waals surface area contributed by atoms with Crippen molar-refractivity contribution < 1.29 is 39.2 Å². The molecule has 0 saturated carbocycles. The highest BCUT2D eigenvalue weighted by atomic mass is 16.5. The fourth-order valence-electron chi connectivity index (χ4n) is 6.25. The summed E-state index contributed by atoms with van der Waals surface area (Å²) in [7, 11) is 0. The van der Waals surface area contributed by atoms with Gasteiger partial charge in [0.2, 0.25) is 0 Å². The van der Waals surface area contributed by atoms with E-state index in [1.54, 1.807) is 24.3 Å². The van der Waals surface area contributed by atoms with E-state index in [1.807, 2.05) is 0 Å². The molecule has 5 aromatic carbocycles. The second kappa shape index (κ2) is 12.7. The van der Waals surface area contributed by atoms with Gasteiger partial charge in [-0.1, -0.05) is 82.6 Å². The first-order valence-electron chi connectivity index (χ1n) is 14.8. The lowest BCUT2D eigenvalue weighted by Crippen LogP contribution is -2.10. The van der Waals surface area contributed by atoms with Gasteiger partial charge >= 0.3 is 23.9 Å². The Bertz CT molecular complexity index is 1800. The zero-order valence-corrected chi connectivity index (χ0v) is 24.1. The van der Waals surface area contributed by atoms with Crippen LogP contribution in [-0.4, -0.2) is 45.8 Å². The average molecular weight is 583 g/mol. The van der Waals surface area contributed by atoms with E-state index >= 15 is 0 Å². The number of hydrogen-bond donors (Lipinski definition) is 3. The summed E-state index contributed by atoms with van der Waals surface area (Å²) in [4.78, 5) is 49.9. The number of carbonyl (C=O) groups is 4. The van der Waals surface area contributed by atoms with E-state index in [0.717, 1.165) is 25.7 Å². The standard InChI is InChI=1S/C35H34O8/c1-2-3-4-5-6-7-8-9-10-19-43-35(42)27-18-14-23-21-12-16-25(33(38)39)30-24(32(36)37)15-11-20(28(21)30)22-13-17-26(34(40)41)31(27)29(22)23/h11-18H,2-10,19H2,1H3,(H,36,37)(H,38,39)(H,40,41). The minimum Gasteiger partial charge on any atom is -0.478 e. The van der Waals surface area contributed by atoms with Crippen LogP contribution in [-0.2, 0) is 4.74 Å². The van der Waals surface area contributed by atoms with Gasteiger partial charge in [0.05, 0.1) is 28.9 Å². The van der Waals surface area contributed by atoms with Crippen LogP contribution in [0.4, 0.5) is 0 Å². The third kappa shape index (κ3) is 5.57. The summed E-state index contributed by atoms with van der Waals surface area (Å²) in [6.45, 7) is 2.43. The molecular formula is C35H34O8. The summed E-state index contributed by atoms with van der Waals surface area (Å²) in [5.74, 6) is -4.32. The lowest BCUT2D eigenvalue weighted by atomic mass is 9.84. The molecule has 0 aliphatic carbocycles. The van der Waals surface area contributed by atoms with E-state index < -0.39 is 23.9 Å². The number of fused-ring (bicyclic) bond motifs is 2. The zero-order chi connectivity index (χ0) is 30.7. The van der Waals surface area contributed by atoms with Gasteiger partial charge in [0.1, 0.15) is 0 Å². The predicted octanol–water partition coefficient (Wildman–Crippen LogP) is 8.52. The van der Waals surface area contributed by atoms with Crippen LogP contribution in [0.15, 0.2) is 48.5 Å². The molecule has 0 aromatic heterocycles. The van der Waals surface area contributed by atoms with Gasteiger partial charge in [-0.2, -0.15) is 0 Å². The second-order valence-corrected chi connectivity index (χ2v) is 11.0. The molecule has 5 rings (SSSR count). The Hall–Kier alpha value is -4.72. The van der Waals surface area contributed by atoms with Gasteiger partial charge < -0.3 is 20.1 Å². The van der Waals surface area contributed by atoms with Crippen molar-refractivity contribution in [2.24, 2.45) is 0 Å². The average Bonchev–Trinajstić information content (AvgIpc) is 2.99. The van der Waals surface area contributed by atoms with Crippen molar-refractivity contribution in [3.05, 3.63) is 70.8 Å². The Morgan fingerprint density at radius 1 is 0.488 bits per heavy atom. The molecular weight excluding hydrogens is 548 g/mol. The number of carboxylic acids is 3. The molecule has 0 amide bonds. The SMILES string of the molecule is CCCCCCCCCCCOC(=O)c1ccc2c3ccc(C(=O)O)c4c(C(=O)O)ccc(c5ccc(C(=O)O)c1c52)c43. The quantitative estimate of drug-likeness (QED) is 0.0512. The van der Waals surface area contributed by atoms with Crippen LogP contribution < -0.4 is 0 Å². The molecule has 0 spiro atoms. The molecule has 222 valence electrons. The number of hydrogen-bond acceptors (Lipinski definition) is 5. The maximum absolute atomic E-state index is 13.3. The summed E-state index contributed by atoms with van der Waals surface area (Å²) in [5.41, 5.74) is -0.203. The highest BCUT2D eigenvalue weighted by Gasteiger charge is 2.26. The van der Waals surface area contributed by atoms with Gasteiger partial charge in [-0.15, -0.1) is 0 Å². The lowest BCUT2D eigenvalue weighted by Gasteiger charge is -2.19. The lowest BCUT2D eigenvalue weighted by molar-refractivity contribution is 0.0499. The van der Waals surface area contributed by atoms with Crippen LogP contribution >= 0.6 is 0 Å². The first-order valence-corrected chi connectivity index (χ1v) is 14.8. The number of unbranched alkanes of at least 4 members (excludes halogenated alkanes) is 8. The van der Waals surface area contributed by atoms with Crippen LogP contribution in [0.25, 0.3) is 43.1 Å². The summed E-state index contributed by atoms with van der Waals surface area (Å²) in [6, 6.07) is 12.2. The van der Waals surface area contributed by atoms with Gasteiger partial charge in [-0.05, 0) is 63.0 Å². The van der Waals surface area contributed by atoms with Crippen molar-refractivity contribution in [2.45, 2.75) is 64.7 Å². The molecule has 5 aromatic rings. The number of esters is 1. The summed E-state index contributed by atoms with van der Waals surface area (Å²) in [5, 5.41) is 33.4. The van der Waals surface area contributed by atoms with Crippen LogP contribution in [0.5, 0.6) is 0 Å². The Balaban J connectivity index is 1.55. The van der Waals surface area contributed by atoms with Crippen LogP contribution in [0.2, 0.25) is 0 Å². The highest BCUT2D eigenvalue weighted by Crippen LogP contribution is 2.44. The molecule has 0 unspecified atom stereocenters. The first kappa shape index (κ1) is 29.8. The van der Waals surface area contributed by atoms with Crippen LogP contribution in [0, 0.1) is 0 Å². The summed E-state index contributed by atoms with van der Waals surface area (Å²) >= 11 is 0. The third-order valence-corrected chi connectivity index (χ3v) is 8.29. The minimum atomic E-state index is -1.26. The highest BCUT2D eigenvalue weighted by molar-refractivity contribution is 6.38. The smallest absolute Gasteiger partial charge is 0.338 e. The number of carboxylic acid groups (broad SMARTS) is 3. The van der Waals surface area contributed by atoms with Crippen molar-refractivity contribution in [3.8, 4) is 0 Å². The monoisotopic (exact) mass is 582 g/mol. The van der Waals surface area contributed by atoms with Gasteiger partial charge in [0, 0.05) is 10.8 Å². The molecule has 0 aliphatic heterocycles. The molecule has 0 atom stereocenters. The van der Waals surface area contributed by atoms with Gasteiger partial charge in [0.25, 0.3) is 0 Å². The number of benzene rings is 5. The van der Waals surface area contributed by atoms with Crippen molar-refractivity contribution in [1.82, 2.24) is 0 Å². The number of carbonyl (C=O) groups excluding carboxylic acids is 1. The van der Waals surface area contributed by atoms with E-state index in [1.165, 1.54) is 56.4 Å². The fraction of sp³-hybridized carbons (Fsp3) is 0.314. The molecule has 43 heavy (non-hydrogen) atoms. The minimum absolute atomic E-state index is 0.0559. The van der Waals surface area contributed by atoms with Gasteiger partial charge in [-0.3, -0.25) is 0 Å². The largest absolute Gasteiger partial charge is 0.478 e. The predicted molar refractivity (Wildman–Crippen MR) is 166 cm³/mol. The molecule has 0 bridgehead atoms. The Morgan fingerprint density at radius 3 is 1.23 bits per heavy atom. The van der Waals surface area contributed by atoms with E-state index in [2.05, 4.69) is 6.92 Å². The Kier molecular flexibility index (Phi) is 8.76.